The molecule has 2 rings (SSSR count). The zero-order valence-corrected chi connectivity index (χ0v) is 8.34. The molecule has 0 saturated carbocycles. The van der Waals surface area contributed by atoms with E-state index in [9.17, 15) is 0 Å². The molecule has 13 heavy (non-hydrogen) atoms. The molecule has 1 nitrogen and oxygen atoms in total. The van der Waals surface area contributed by atoms with Gasteiger partial charge in [-0.05, 0) is 36.0 Å². The van der Waals surface area contributed by atoms with Gasteiger partial charge in [0.1, 0.15) is 5.75 Å². The van der Waals surface area contributed by atoms with Gasteiger partial charge in [0.15, 0.2) is 0 Å². The van der Waals surface area contributed by atoms with Gasteiger partial charge in [0, 0.05) is 0 Å². The van der Waals surface area contributed by atoms with Crippen molar-refractivity contribution in [1.29, 1.82) is 0 Å². The van der Waals surface area contributed by atoms with Crippen LogP contribution in [0.3, 0.4) is 0 Å². The Kier molecular flexibility index (Phi) is 2.26. The van der Waals surface area contributed by atoms with Gasteiger partial charge >= 0.3 is 0 Å². The molecule has 0 aliphatic carbocycles. The number of hydrogen-bond donors (Lipinski definition) is 0. The molecule has 0 aromatic heterocycles. The third-order valence-electron chi connectivity index (χ3n) is 2.62. The Labute approximate surface area is 79.7 Å². The molecular weight excluding hydrogens is 160 g/mol. The molecule has 0 unspecified atom stereocenters. The predicted octanol–water partition coefficient (Wildman–Crippen LogP) is 2.82. The topological polar surface area (TPSA) is 9.23 Å². The number of ether oxygens (including phenoxy) is 1. The van der Waals surface area contributed by atoms with Crippen LogP contribution >= 0.6 is 0 Å². The van der Waals surface area contributed by atoms with E-state index >= 15 is 0 Å². The molecule has 1 heteroatoms. The highest BCUT2D eigenvalue weighted by molar-refractivity contribution is 5.38. The minimum atomic E-state index is 0.666. The van der Waals surface area contributed by atoms with E-state index in [1.54, 1.807) is 0 Å². The van der Waals surface area contributed by atoms with Crippen molar-refractivity contribution in [3.63, 3.8) is 0 Å². The zero-order valence-electron chi connectivity index (χ0n) is 8.34. The second kappa shape index (κ2) is 3.41. The van der Waals surface area contributed by atoms with Crippen molar-refractivity contribution >= 4 is 0 Å². The van der Waals surface area contributed by atoms with Crippen molar-refractivity contribution in [2.24, 2.45) is 5.92 Å². The van der Waals surface area contributed by atoms with Crippen LogP contribution in [0, 0.1) is 5.92 Å². The van der Waals surface area contributed by atoms with Gasteiger partial charge in [-0.15, -0.1) is 0 Å². The number of hydrogen-bond acceptors (Lipinski definition) is 1. The van der Waals surface area contributed by atoms with Crippen molar-refractivity contribution in [2.45, 2.75) is 26.7 Å². The van der Waals surface area contributed by atoms with Crippen LogP contribution in [0.25, 0.3) is 0 Å². The molecule has 0 radical (unpaired) electrons. The maximum absolute atomic E-state index is 5.64. The number of benzene rings is 1. The molecule has 70 valence electrons. The molecule has 1 aromatic carbocycles. The lowest BCUT2D eigenvalue weighted by atomic mass is 9.96. The first kappa shape index (κ1) is 8.61. The first-order valence-corrected chi connectivity index (χ1v) is 5.04. The summed E-state index contributed by atoms with van der Waals surface area (Å²) in [7, 11) is 0. The van der Waals surface area contributed by atoms with E-state index in [2.05, 4.69) is 32.0 Å². The summed E-state index contributed by atoms with van der Waals surface area (Å²) < 4.78 is 5.64. The summed E-state index contributed by atoms with van der Waals surface area (Å²) in [6, 6.07) is 6.56. The standard InChI is InChI=1S/C12H16O/c1-3-10-4-5-12-11(7-10)6-9(2)8-13-12/h4-5,7,9H,3,6,8H2,1-2H3/t9-/m0/s1. The lowest BCUT2D eigenvalue weighted by Crippen LogP contribution is -2.18. The van der Waals surface area contributed by atoms with Crippen molar-refractivity contribution in [3.05, 3.63) is 29.3 Å². The summed E-state index contributed by atoms with van der Waals surface area (Å²) in [4.78, 5) is 0. The monoisotopic (exact) mass is 176 g/mol. The highest BCUT2D eigenvalue weighted by Gasteiger charge is 2.15. The van der Waals surface area contributed by atoms with Crippen LogP contribution in [0.2, 0.25) is 0 Å². The van der Waals surface area contributed by atoms with Gasteiger partial charge in [0.25, 0.3) is 0 Å². The summed E-state index contributed by atoms with van der Waals surface area (Å²) >= 11 is 0. The number of aryl methyl sites for hydroxylation is 1. The Hall–Kier alpha value is -0.980. The fraction of sp³-hybridized carbons (Fsp3) is 0.500. The highest BCUT2D eigenvalue weighted by Crippen LogP contribution is 2.27. The van der Waals surface area contributed by atoms with Crippen LogP contribution in [-0.4, -0.2) is 6.61 Å². The maximum atomic E-state index is 5.64. The molecule has 1 heterocycles. The van der Waals surface area contributed by atoms with Gasteiger partial charge in [-0.1, -0.05) is 26.0 Å². The fourth-order valence-corrected chi connectivity index (χ4v) is 1.82. The Morgan fingerprint density at radius 2 is 2.31 bits per heavy atom. The van der Waals surface area contributed by atoms with E-state index in [1.165, 1.54) is 17.5 Å². The Bertz CT molecular complexity index is 304. The predicted molar refractivity (Wildman–Crippen MR) is 54.2 cm³/mol. The minimum Gasteiger partial charge on any atom is -0.493 e. The second-order valence-electron chi connectivity index (χ2n) is 3.92. The number of fused-ring (bicyclic) bond motifs is 1. The molecule has 1 aliphatic heterocycles. The molecule has 0 spiro atoms. The Morgan fingerprint density at radius 3 is 3.08 bits per heavy atom. The SMILES string of the molecule is CCc1ccc2c(c1)C[C@H](C)CO2. The average molecular weight is 176 g/mol. The Morgan fingerprint density at radius 1 is 1.46 bits per heavy atom. The van der Waals surface area contributed by atoms with Gasteiger partial charge in [0.05, 0.1) is 6.61 Å². The van der Waals surface area contributed by atoms with Crippen molar-refractivity contribution in [3.8, 4) is 5.75 Å². The molecule has 1 aliphatic rings. The summed E-state index contributed by atoms with van der Waals surface area (Å²) in [5.41, 5.74) is 2.80. The Balaban J connectivity index is 2.32. The zero-order chi connectivity index (χ0) is 9.26. The van der Waals surface area contributed by atoms with E-state index in [-0.39, 0.29) is 0 Å². The lowest BCUT2D eigenvalue weighted by Gasteiger charge is -2.22. The summed E-state index contributed by atoms with van der Waals surface area (Å²) in [6.07, 6.45) is 2.28. The van der Waals surface area contributed by atoms with Gasteiger partial charge in [-0.25, -0.2) is 0 Å². The van der Waals surface area contributed by atoms with Crippen molar-refractivity contribution < 1.29 is 4.74 Å². The lowest BCUT2D eigenvalue weighted by molar-refractivity contribution is 0.234. The third kappa shape index (κ3) is 1.69. The third-order valence-corrected chi connectivity index (χ3v) is 2.62. The smallest absolute Gasteiger partial charge is 0.122 e. The highest BCUT2D eigenvalue weighted by atomic mass is 16.5. The molecule has 0 bridgehead atoms. The van der Waals surface area contributed by atoms with E-state index in [0.29, 0.717) is 5.92 Å². The van der Waals surface area contributed by atoms with Gasteiger partial charge in [-0.2, -0.15) is 0 Å². The quantitative estimate of drug-likeness (QED) is 0.639. The van der Waals surface area contributed by atoms with Crippen LogP contribution in [0.4, 0.5) is 0 Å². The van der Waals surface area contributed by atoms with E-state index in [0.717, 1.165) is 18.8 Å². The maximum Gasteiger partial charge on any atom is 0.122 e. The number of rotatable bonds is 1. The van der Waals surface area contributed by atoms with Crippen LogP contribution in [0.15, 0.2) is 18.2 Å². The fourth-order valence-electron chi connectivity index (χ4n) is 1.82. The van der Waals surface area contributed by atoms with Crippen LogP contribution < -0.4 is 4.74 Å². The first-order valence-electron chi connectivity index (χ1n) is 5.04. The van der Waals surface area contributed by atoms with Crippen molar-refractivity contribution in [1.82, 2.24) is 0 Å². The van der Waals surface area contributed by atoms with Crippen LogP contribution in [0.5, 0.6) is 5.75 Å². The second-order valence-corrected chi connectivity index (χ2v) is 3.92. The van der Waals surface area contributed by atoms with E-state index in [4.69, 9.17) is 4.74 Å². The average Bonchev–Trinajstić information content (AvgIpc) is 2.16. The summed E-state index contributed by atoms with van der Waals surface area (Å²) in [5, 5.41) is 0. The van der Waals surface area contributed by atoms with Gasteiger partial charge in [-0.3, -0.25) is 0 Å². The molecule has 0 amide bonds. The van der Waals surface area contributed by atoms with Gasteiger partial charge in [0.2, 0.25) is 0 Å². The summed E-state index contributed by atoms with van der Waals surface area (Å²) in [5.74, 6) is 1.76. The summed E-state index contributed by atoms with van der Waals surface area (Å²) in [6.45, 7) is 5.30. The van der Waals surface area contributed by atoms with Crippen LogP contribution in [-0.2, 0) is 12.8 Å². The van der Waals surface area contributed by atoms with Crippen molar-refractivity contribution in [2.75, 3.05) is 6.61 Å². The molecule has 0 saturated heterocycles. The molecule has 1 aromatic rings. The molecule has 0 fully saturated rings. The van der Waals surface area contributed by atoms with E-state index < -0.39 is 0 Å². The molecular formula is C12H16O. The van der Waals surface area contributed by atoms with Crippen LogP contribution in [0.1, 0.15) is 25.0 Å². The first-order chi connectivity index (χ1) is 6.29. The largest absolute Gasteiger partial charge is 0.493 e. The molecule has 0 N–H and O–H groups in total. The normalized spacial score (nSPS) is 20.6. The van der Waals surface area contributed by atoms with Gasteiger partial charge < -0.3 is 4.74 Å². The van der Waals surface area contributed by atoms with E-state index in [1.807, 2.05) is 0 Å². The molecule has 1 atom stereocenters. The minimum absolute atomic E-state index is 0.666.